The Morgan fingerprint density at radius 1 is 0.909 bits per heavy atom. The van der Waals surface area contributed by atoms with Gasteiger partial charge in [0, 0.05) is 37.5 Å². The van der Waals surface area contributed by atoms with Gasteiger partial charge in [0.1, 0.15) is 0 Å². The molecule has 33 heavy (non-hydrogen) atoms. The molecule has 0 amide bonds. The minimum absolute atomic E-state index is 0. The largest absolute Gasteiger partial charge is 0.147 e. The summed E-state index contributed by atoms with van der Waals surface area (Å²) in [5.74, 6) is 0.303. The van der Waals surface area contributed by atoms with Gasteiger partial charge in [-0.1, -0.05) is 103 Å². The van der Waals surface area contributed by atoms with Crippen LogP contribution in [0.15, 0.2) is 109 Å². The van der Waals surface area contributed by atoms with Gasteiger partial charge in [-0.15, -0.1) is 31.4 Å². The summed E-state index contributed by atoms with van der Waals surface area (Å²) < 4.78 is 0. The van der Waals surface area contributed by atoms with E-state index in [-0.39, 0.29) is 56.4 Å². The van der Waals surface area contributed by atoms with Gasteiger partial charge in [0.15, 0.2) is 0 Å². The standard InChI is InChI=1S/C30H28.2ClH.Zr/c1-3-4-21-30(24-16-8-9-17-24,23-14-6-5-7-15-23)29-26-19-11-10-18-25(26)28-22(2)13-12-20-27(28)29;;;/h3,5-16,18-20,29H,1,4,17,21H2,2H3;2*1H;. The number of aryl methyl sites for hydroxylation is 1. The van der Waals surface area contributed by atoms with E-state index in [1.807, 2.05) is 0 Å². The zero-order chi connectivity index (χ0) is 20.6. The molecule has 0 aromatic heterocycles. The third-order valence-electron chi connectivity index (χ3n) is 7.03. The molecule has 0 saturated carbocycles. The van der Waals surface area contributed by atoms with Gasteiger partial charge in [-0.3, -0.25) is 0 Å². The fraction of sp³-hybridized carbons (Fsp3) is 0.200. The second-order valence-electron chi connectivity index (χ2n) is 8.55. The van der Waals surface area contributed by atoms with Crippen molar-refractivity contribution < 1.29 is 26.2 Å². The Hall–Kier alpha value is -1.66. The van der Waals surface area contributed by atoms with Crippen LogP contribution in [0.2, 0.25) is 0 Å². The number of fused-ring (bicyclic) bond motifs is 3. The van der Waals surface area contributed by atoms with Gasteiger partial charge in [0.05, 0.1) is 0 Å². The third-order valence-corrected chi connectivity index (χ3v) is 7.03. The second-order valence-corrected chi connectivity index (χ2v) is 8.55. The molecule has 3 heteroatoms. The Labute approximate surface area is 229 Å². The van der Waals surface area contributed by atoms with E-state index in [0.717, 1.165) is 19.3 Å². The summed E-state index contributed by atoms with van der Waals surface area (Å²) >= 11 is 0. The molecule has 2 aliphatic rings. The van der Waals surface area contributed by atoms with Crippen LogP contribution < -0.4 is 0 Å². The van der Waals surface area contributed by atoms with Gasteiger partial charge in [-0.05, 0) is 59.6 Å². The number of halogens is 2. The van der Waals surface area contributed by atoms with Crippen molar-refractivity contribution in [3.05, 3.63) is 132 Å². The summed E-state index contributed by atoms with van der Waals surface area (Å²) in [7, 11) is 0. The molecule has 168 valence electrons. The van der Waals surface area contributed by atoms with Crippen LogP contribution in [0.1, 0.15) is 47.4 Å². The van der Waals surface area contributed by atoms with E-state index in [1.165, 1.54) is 39.0 Å². The molecule has 3 aromatic carbocycles. The van der Waals surface area contributed by atoms with E-state index in [0.29, 0.717) is 5.92 Å². The van der Waals surface area contributed by atoms with E-state index in [1.54, 1.807) is 0 Å². The molecular formula is C30H30Cl2Zr. The van der Waals surface area contributed by atoms with Crippen molar-refractivity contribution >= 4 is 24.8 Å². The maximum atomic E-state index is 4.08. The van der Waals surface area contributed by atoms with Gasteiger partial charge < -0.3 is 0 Å². The minimum atomic E-state index is -0.0892. The van der Waals surface area contributed by atoms with Crippen molar-refractivity contribution in [2.45, 2.75) is 37.5 Å². The van der Waals surface area contributed by atoms with Crippen molar-refractivity contribution in [2.24, 2.45) is 0 Å². The van der Waals surface area contributed by atoms with Crippen LogP contribution in [0.3, 0.4) is 0 Å². The van der Waals surface area contributed by atoms with Crippen LogP contribution in [0.25, 0.3) is 11.1 Å². The molecule has 0 spiro atoms. The van der Waals surface area contributed by atoms with Gasteiger partial charge in [0.2, 0.25) is 0 Å². The number of hydrogen-bond donors (Lipinski definition) is 0. The van der Waals surface area contributed by atoms with Crippen LogP contribution in [-0.2, 0) is 31.6 Å². The summed E-state index contributed by atoms with van der Waals surface area (Å²) in [5, 5.41) is 0. The third kappa shape index (κ3) is 4.53. The molecule has 0 saturated heterocycles. The molecule has 2 aliphatic carbocycles. The molecule has 5 rings (SSSR count). The molecular weight excluding hydrogens is 522 g/mol. The van der Waals surface area contributed by atoms with Crippen LogP contribution in [0, 0.1) is 6.92 Å². The van der Waals surface area contributed by atoms with Crippen LogP contribution in [0.4, 0.5) is 0 Å². The van der Waals surface area contributed by atoms with Crippen LogP contribution >= 0.6 is 24.8 Å². The molecule has 3 aromatic rings. The summed E-state index contributed by atoms with van der Waals surface area (Å²) in [6.45, 7) is 6.33. The smallest absolute Gasteiger partial charge is 0.0280 e. The van der Waals surface area contributed by atoms with E-state index in [4.69, 9.17) is 0 Å². The predicted octanol–water partition coefficient (Wildman–Crippen LogP) is 8.74. The molecule has 0 heterocycles. The van der Waals surface area contributed by atoms with Gasteiger partial charge in [0.25, 0.3) is 0 Å². The summed E-state index contributed by atoms with van der Waals surface area (Å²) in [6, 6.07) is 27.1. The van der Waals surface area contributed by atoms with E-state index in [2.05, 4.69) is 111 Å². The summed E-state index contributed by atoms with van der Waals surface area (Å²) in [6.07, 6.45) is 12.1. The Morgan fingerprint density at radius 2 is 1.61 bits per heavy atom. The van der Waals surface area contributed by atoms with Gasteiger partial charge in [-0.2, -0.15) is 0 Å². The number of rotatable bonds is 6. The first kappa shape index (κ1) is 27.6. The number of allylic oxidation sites excluding steroid dienone is 5. The Balaban J connectivity index is 0.00000128. The Kier molecular flexibility index (Phi) is 9.74. The molecule has 0 N–H and O–H groups in total. The van der Waals surface area contributed by atoms with Crippen LogP contribution in [0.5, 0.6) is 0 Å². The SMILES string of the molecule is C=CCCC(C1=CC=CC1)(c1ccccc1)C1c2ccccc2-c2c(C)cccc21.Cl.Cl.[Zr]. The molecule has 0 radical (unpaired) electrons. The van der Waals surface area contributed by atoms with Crippen LogP contribution in [-0.4, -0.2) is 0 Å². The first-order chi connectivity index (χ1) is 14.8. The molecule has 2 atom stereocenters. The first-order valence-corrected chi connectivity index (χ1v) is 11.0. The Morgan fingerprint density at radius 3 is 2.30 bits per heavy atom. The van der Waals surface area contributed by atoms with E-state index in [9.17, 15) is 0 Å². The molecule has 0 fully saturated rings. The Bertz CT molecular complexity index is 1160. The summed E-state index contributed by atoms with van der Waals surface area (Å²) in [4.78, 5) is 0. The van der Waals surface area contributed by atoms with E-state index < -0.39 is 0 Å². The molecule has 2 unspecified atom stereocenters. The topological polar surface area (TPSA) is 0 Å². The number of benzene rings is 3. The van der Waals surface area contributed by atoms with Gasteiger partial charge in [-0.25, -0.2) is 0 Å². The van der Waals surface area contributed by atoms with Crippen molar-refractivity contribution in [3.63, 3.8) is 0 Å². The first-order valence-electron chi connectivity index (χ1n) is 11.0. The van der Waals surface area contributed by atoms with Crippen molar-refractivity contribution in [1.82, 2.24) is 0 Å². The summed E-state index contributed by atoms with van der Waals surface area (Å²) in [5.41, 5.74) is 9.98. The van der Waals surface area contributed by atoms with E-state index >= 15 is 0 Å². The fourth-order valence-corrected chi connectivity index (χ4v) is 5.80. The van der Waals surface area contributed by atoms with Gasteiger partial charge >= 0.3 is 0 Å². The predicted molar refractivity (Wildman–Crippen MR) is 142 cm³/mol. The minimum Gasteiger partial charge on any atom is -0.147 e. The normalized spacial score (nSPS) is 16.8. The average molecular weight is 553 g/mol. The zero-order valence-corrected chi connectivity index (χ0v) is 23.1. The fourth-order valence-electron chi connectivity index (χ4n) is 5.80. The quantitative estimate of drug-likeness (QED) is 0.268. The van der Waals surface area contributed by atoms with Crippen molar-refractivity contribution in [2.75, 3.05) is 0 Å². The number of hydrogen-bond acceptors (Lipinski definition) is 0. The maximum Gasteiger partial charge on any atom is 0.0280 e. The average Bonchev–Trinajstić information content (AvgIpc) is 3.43. The molecule has 0 aliphatic heterocycles. The maximum absolute atomic E-state index is 4.08. The molecule has 0 nitrogen and oxygen atoms in total. The zero-order valence-electron chi connectivity index (χ0n) is 19.0. The second kappa shape index (κ2) is 11.7. The molecule has 0 bridgehead atoms. The monoisotopic (exact) mass is 550 g/mol. The van der Waals surface area contributed by atoms with Crippen molar-refractivity contribution in [1.29, 1.82) is 0 Å². The van der Waals surface area contributed by atoms with Crippen molar-refractivity contribution in [3.8, 4) is 11.1 Å².